The van der Waals surface area contributed by atoms with E-state index < -0.39 is 11.5 Å². The number of aromatic amines is 1. The maximum atomic E-state index is 13.6. The molecule has 1 aliphatic carbocycles. The summed E-state index contributed by atoms with van der Waals surface area (Å²) in [7, 11) is 0. The Bertz CT molecular complexity index is 1860. The van der Waals surface area contributed by atoms with Crippen molar-refractivity contribution in [2.75, 3.05) is 13.1 Å². The number of fused-ring (bicyclic) bond motifs is 1. The first-order valence-corrected chi connectivity index (χ1v) is 16.0. The average Bonchev–Trinajstić information content (AvgIpc) is 3.56. The van der Waals surface area contributed by atoms with Crippen molar-refractivity contribution in [1.82, 2.24) is 24.8 Å². The second-order valence-electron chi connectivity index (χ2n) is 12.9. The van der Waals surface area contributed by atoms with E-state index in [4.69, 9.17) is 4.42 Å². The summed E-state index contributed by atoms with van der Waals surface area (Å²) < 4.78 is 7.34. The largest absolute Gasteiger partial charge is 0.443 e. The average molecular weight is 628 g/mol. The number of aliphatic hydroxyl groups is 1. The first-order chi connectivity index (χ1) is 21.5. The summed E-state index contributed by atoms with van der Waals surface area (Å²) in [4.78, 5) is 41.8. The van der Waals surface area contributed by atoms with Crippen LogP contribution in [0.4, 0.5) is 0 Å². The minimum atomic E-state index is -0.831. The number of oxazole rings is 1. The molecule has 12 heteroatoms. The number of rotatable bonds is 10. The third-order valence-corrected chi connectivity index (χ3v) is 9.44. The minimum absolute atomic E-state index is 0.0669. The zero-order chi connectivity index (χ0) is 31.8. The Hall–Kier alpha value is -4.31. The standard InChI is InChI=1S/C33H37N7O4S/c1-32(2,43)19-35-16-21-6-7-25-24(13-21)37-31(38-29(41)28-9-8-27(45-28)26-17-36-20-44-26)40(25)18-23-5-4-12-39(23)30(42)22(15-34)14-33(3)10-11-33/h6-9,13-14,17,20,23,35,43H,4-5,10-12,16,18-19H2,1-3H3,(H,37,38,41)/t23-/m1/s1. The van der Waals surface area contributed by atoms with Crippen molar-refractivity contribution in [1.29, 1.82) is 5.26 Å². The number of benzene rings is 1. The molecule has 4 aromatic rings. The number of H-pyrrole nitrogens is 1. The van der Waals surface area contributed by atoms with Crippen LogP contribution in [-0.4, -0.2) is 61.1 Å². The quantitative estimate of drug-likeness (QED) is 0.173. The fraction of sp³-hybridized carbons (Fsp3) is 0.424. The Morgan fingerprint density at radius 2 is 2.16 bits per heavy atom. The van der Waals surface area contributed by atoms with Crippen molar-refractivity contribution in [2.24, 2.45) is 10.4 Å². The van der Waals surface area contributed by atoms with Gasteiger partial charge in [0, 0.05) is 26.2 Å². The minimum Gasteiger partial charge on any atom is -0.443 e. The molecule has 11 nitrogen and oxygen atoms in total. The van der Waals surface area contributed by atoms with E-state index in [0.717, 1.165) is 47.2 Å². The van der Waals surface area contributed by atoms with Crippen molar-refractivity contribution in [3.8, 4) is 16.7 Å². The van der Waals surface area contributed by atoms with E-state index in [2.05, 4.69) is 33.3 Å². The third kappa shape index (κ3) is 7.01. The number of thiophene rings is 1. The topological polar surface area (TPSA) is 153 Å². The lowest BCUT2D eigenvalue weighted by atomic mass is 10.0. The molecule has 0 bridgehead atoms. The first-order valence-electron chi connectivity index (χ1n) is 15.2. The van der Waals surface area contributed by atoms with E-state index in [-0.39, 0.29) is 22.9 Å². The number of nitrogens with zero attached hydrogens (tertiary/aromatic N) is 5. The summed E-state index contributed by atoms with van der Waals surface area (Å²) >= 11 is 1.28. The highest BCUT2D eigenvalue weighted by Crippen LogP contribution is 2.47. The molecule has 1 atom stereocenters. The fourth-order valence-corrected chi connectivity index (χ4v) is 6.52. The number of nitrogens with one attached hydrogen (secondary N) is 2. The van der Waals surface area contributed by atoms with Gasteiger partial charge in [-0.25, -0.2) is 4.98 Å². The van der Waals surface area contributed by atoms with Crippen LogP contribution in [0, 0.1) is 16.7 Å². The Kier molecular flexibility index (Phi) is 8.35. The van der Waals surface area contributed by atoms with Crippen molar-refractivity contribution < 1.29 is 19.1 Å². The van der Waals surface area contributed by atoms with Gasteiger partial charge in [-0.15, -0.1) is 11.3 Å². The van der Waals surface area contributed by atoms with E-state index in [1.807, 2.05) is 34.9 Å². The van der Waals surface area contributed by atoms with Crippen molar-refractivity contribution in [3.63, 3.8) is 0 Å². The molecule has 1 aromatic carbocycles. The monoisotopic (exact) mass is 627 g/mol. The van der Waals surface area contributed by atoms with Gasteiger partial charge >= 0.3 is 0 Å². The lowest BCUT2D eigenvalue weighted by Gasteiger charge is -2.25. The van der Waals surface area contributed by atoms with Crippen LogP contribution in [0.5, 0.6) is 0 Å². The van der Waals surface area contributed by atoms with E-state index in [0.29, 0.717) is 42.4 Å². The Balaban J connectivity index is 1.33. The van der Waals surface area contributed by atoms with E-state index in [1.54, 1.807) is 31.0 Å². The summed E-state index contributed by atoms with van der Waals surface area (Å²) in [6, 6.07) is 11.5. The van der Waals surface area contributed by atoms with Gasteiger partial charge < -0.3 is 29.3 Å². The molecule has 2 fully saturated rings. The van der Waals surface area contributed by atoms with Crippen LogP contribution < -0.4 is 10.9 Å². The molecule has 234 valence electrons. The zero-order valence-corrected chi connectivity index (χ0v) is 26.5. The number of carbonyl (C=O) groups is 2. The van der Waals surface area contributed by atoms with E-state index in [1.165, 1.54) is 17.7 Å². The lowest BCUT2D eigenvalue weighted by Crippen LogP contribution is -2.40. The van der Waals surface area contributed by atoms with Crippen LogP contribution in [0.1, 0.15) is 61.7 Å². The van der Waals surface area contributed by atoms with Gasteiger partial charge in [0.15, 0.2) is 12.2 Å². The number of aromatic nitrogens is 3. The summed E-state index contributed by atoms with van der Waals surface area (Å²) in [6.07, 6.45) is 8.36. The highest BCUT2D eigenvalue weighted by molar-refractivity contribution is 7.17. The number of amides is 2. The number of likely N-dealkylation sites (tertiary alicyclic amines) is 1. The second-order valence-corrected chi connectivity index (χ2v) is 14.0. The van der Waals surface area contributed by atoms with Crippen LogP contribution in [0.25, 0.3) is 21.7 Å². The predicted molar refractivity (Wildman–Crippen MR) is 170 cm³/mol. The molecule has 3 aromatic heterocycles. The van der Waals surface area contributed by atoms with Gasteiger partial charge in [0.1, 0.15) is 11.6 Å². The van der Waals surface area contributed by atoms with Gasteiger partial charge in [0.2, 0.25) is 5.62 Å². The SMILES string of the molecule is CC(C)(O)CNCc1ccc2c(c1)[nH]c(=NC(=O)c1ccc(-c3cnco3)s1)n2C[C@H]1CCCN1C(=O)C(C#N)=CC1(C)CC1. The van der Waals surface area contributed by atoms with E-state index in [9.17, 15) is 20.0 Å². The van der Waals surface area contributed by atoms with Gasteiger partial charge in [-0.2, -0.15) is 10.3 Å². The first kappa shape index (κ1) is 30.7. The molecule has 2 amide bonds. The molecular weight excluding hydrogens is 590 g/mol. The molecular formula is C33H37N7O4S. The number of nitriles is 1. The maximum absolute atomic E-state index is 13.6. The van der Waals surface area contributed by atoms with Gasteiger partial charge in [-0.3, -0.25) is 9.59 Å². The molecule has 0 radical (unpaired) electrons. The van der Waals surface area contributed by atoms with Crippen LogP contribution in [0.15, 0.2) is 64.0 Å². The maximum Gasteiger partial charge on any atom is 0.290 e. The summed E-state index contributed by atoms with van der Waals surface area (Å²) in [5, 5.41) is 23.2. The number of allylic oxidation sites excluding steroid dienone is 1. The molecule has 1 saturated heterocycles. The van der Waals surface area contributed by atoms with E-state index >= 15 is 0 Å². The van der Waals surface area contributed by atoms with Crippen molar-refractivity contribution in [2.45, 2.75) is 71.2 Å². The molecule has 1 saturated carbocycles. The van der Waals surface area contributed by atoms with Crippen LogP contribution >= 0.6 is 11.3 Å². The van der Waals surface area contributed by atoms with Gasteiger partial charge in [-0.05, 0) is 74.8 Å². The van der Waals surface area contributed by atoms with Crippen molar-refractivity contribution >= 4 is 34.2 Å². The molecule has 2 aliphatic rings. The fourth-order valence-electron chi connectivity index (χ4n) is 5.68. The van der Waals surface area contributed by atoms with Crippen LogP contribution in [0.2, 0.25) is 0 Å². The number of hydrogen-bond donors (Lipinski definition) is 3. The molecule has 6 rings (SSSR count). The number of imidazole rings is 1. The molecule has 3 N–H and O–H groups in total. The number of hydrogen-bond acceptors (Lipinski definition) is 8. The smallest absolute Gasteiger partial charge is 0.290 e. The summed E-state index contributed by atoms with van der Waals surface area (Å²) in [5.74, 6) is -0.0513. The molecule has 45 heavy (non-hydrogen) atoms. The Morgan fingerprint density at radius 1 is 1.33 bits per heavy atom. The highest BCUT2D eigenvalue weighted by atomic mass is 32.1. The summed E-state index contributed by atoms with van der Waals surface area (Å²) in [5.41, 5.74) is 2.34. The molecule has 4 heterocycles. The second kappa shape index (κ2) is 12.2. The lowest BCUT2D eigenvalue weighted by molar-refractivity contribution is -0.127. The third-order valence-electron chi connectivity index (χ3n) is 8.35. The Morgan fingerprint density at radius 3 is 2.87 bits per heavy atom. The Labute approximate surface area is 264 Å². The van der Waals surface area contributed by atoms with Gasteiger partial charge in [-0.1, -0.05) is 19.1 Å². The molecule has 1 aliphatic heterocycles. The van der Waals surface area contributed by atoms with Gasteiger partial charge in [0.05, 0.1) is 38.6 Å². The zero-order valence-electron chi connectivity index (χ0n) is 25.7. The van der Waals surface area contributed by atoms with Gasteiger partial charge in [0.25, 0.3) is 11.8 Å². The molecule has 0 unspecified atom stereocenters. The van der Waals surface area contributed by atoms with Crippen LogP contribution in [-0.2, 0) is 17.9 Å². The molecule has 0 spiro atoms. The highest BCUT2D eigenvalue weighted by Gasteiger charge is 2.38. The summed E-state index contributed by atoms with van der Waals surface area (Å²) in [6.45, 7) is 7.55. The number of carbonyl (C=O) groups excluding carboxylic acids is 2. The van der Waals surface area contributed by atoms with Crippen molar-refractivity contribution in [3.05, 3.63) is 70.6 Å². The predicted octanol–water partition coefficient (Wildman–Crippen LogP) is 4.53. The normalized spacial score (nSPS) is 18.5. The van der Waals surface area contributed by atoms with Crippen LogP contribution in [0.3, 0.4) is 0 Å².